The first-order valence-corrected chi connectivity index (χ1v) is 10.5. The summed E-state index contributed by atoms with van der Waals surface area (Å²) in [5.74, 6) is -0.532. The maximum absolute atomic E-state index is 13.8. The molecule has 6 rings (SSSR count). The number of halogens is 2. The van der Waals surface area contributed by atoms with Crippen molar-refractivity contribution < 1.29 is 4.39 Å². The lowest BCUT2D eigenvalue weighted by atomic mass is 10.0. The smallest absolute Gasteiger partial charge is 0.255 e. The van der Waals surface area contributed by atoms with E-state index in [1.807, 2.05) is 24.4 Å². The van der Waals surface area contributed by atoms with E-state index in [1.165, 1.54) is 18.2 Å². The molecule has 0 saturated heterocycles. The Bertz CT molecular complexity index is 1660. The van der Waals surface area contributed by atoms with Crippen molar-refractivity contribution in [1.29, 1.82) is 0 Å². The maximum atomic E-state index is 13.8. The number of allylic oxidation sites excluding steroid dienone is 1. The fraction of sp³-hybridized carbons (Fsp3) is 0.0385. The molecule has 0 radical (unpaired) electrons. The van der Waals surface area contributed by atoms with Crippen molar-refractivity contribution >= 4 is 39.5 Å². The van der Waals surface area contributed by atoms with Crippen molar-refractivity contribution in [3.8, 4) is 16.8 Å². The van der Waals surface area contributed by atoms with Crippen LogP contribution in [0.25, 0.3) is 44.7 Å². The second kappa shape index (κ2) is 7.11. The van der Waals surface area contributed by atoms with Crippen LogP contribution in [0.3, 0.4) is 0 Å². The van der Waals surface area contributed by atoms with Gasteiger partial charge in [0.05, 0.1) is 27.4 Å². The lowest BCUT2D eigenvalue weighted by molar-refractivity contribution is 0.628. The summed E-state index contributed by atoms with van der Waals surface area (Å²) in [6.45, 7) is 0. The number of benzene rings is 2. The molecule has 0 bridgehead atoms. The van der Waals surface area contributed by atoms with Crippen molar-refractivity contribution in [2.45, 2.75) is 6.42 Å². The molecule has 3 aromatic heterocycles. The minimum absolute atomic E-state index is 0.0391. The van der Waals surface area contributed by atoms with Gasteiger partial charge in [-0.2, -0.15) is 0 Å². The summed E-state index contributed by atoms with van der Waals surface area (Å²) >= 11 is 6.02. The van der Waals surface area contributed by atoms with Crippen molar-refractivity contribution in [3.63, 3.8) is 0 Å². The fourth-order valence-corrected chi connectivity index (χ4v) is 4.43. The van der Waals surface area contributed by atoms with Crippen LogP contribution < -0.4 is 5.56 Å². The zero-order valence-electron chi connectivity index (χ0n) is 16.7. The van der Waals surface area contributed by atoms with Crippen molar-refractivity contribution in [3.05, 3.63) is 106 Å². The van der Waals surface area contributed by atoms with E-state index in [1.54, 1.807) is 22.9 Å². The first-order valence-electron chi connectivity index (χ1n) is 10.1. The Balaban J connectivity index is 1.66. The molecule has 1 aliphatic carbocycles. The fourth-order valence-electron chi connectivity index (χ4n) is 4.25. The van der Waals surface area contributed by atoms with Gasteiger partial charge in [0.25, 0.3) is 5.56 Å². The highest BCUT2D eigenvalue weighted by molar-refractivity contribution is 6.30. The van der Waals surface area contributed by atoms with Crippen LogP contribution in [-0.4, -0.2) is 14.5 Å². The standard InChI is InChI=1S/C26H15ClFN3O/c27-21-12-19(6-7-22(21)28)31-25(32)9-5-17-13-30-24-8-4-15(11-20(24)26(17)31)18-10-16-2-1-3-23(16)29-14-18/h1-2,4-14H,3H2. The van der Waals surface area contributed by atoms with Gasteiger partial charge >= 0.3 is 0 Å². The van der Waals surface area contributed by atoms with Gasteiger partial charge in [0.2, 0.25) is 0 Å². The molecule has 5 aromatic rings. The van der Waals surface area contributed by atoms with E-state index in [4.69, 9.17) is 11.6 Å². The summed E-state index contributed by atoms with van der Waals surface area (Å²) < 4.78 is 15.3. The van der Waals surface area contributed by atoms with E-state index in [-0.39, 0.29) is 10.6 Å². The molecule has 3 heterocycles. The molecule has 0 atom stereocenters. The van der Waals surface area contributed by atoms with Gasteiger partial charge in [0.1, 0.15) is 5.82 Å². The van der Waals surface area contributed by atoms with Crippen LogP contribution in [0.1, 0.15) is 11.3 Å². The number of rotatable bonds is 2. The Morgan fingerprint density at radius 2 is 1.84 bits per heavy atom. The normalized spacial score (nSPS) is 12.6. The van der Waals surface area contributed by atoms with E-state index in [0.717, 1.165) is 45.1 Å². The summed E-state index contributed by atoms with van der Waals surface area (Å²) in [7, 11) is 0. The Morgan fingerprint density at radius 1 is 0.938 bits per heavy atom. The third-order valence-electron chi connectivity index (χ3n) is 5.82. The molecule has 0 saturated carbocycles. The van der Waals surface area contributed by atoms with E-state index in [0.29, 0.717) is 11.2 Å². The van der Waals surface area contributed by atoms with Gasteiger partial charge in [-0.15, -0.1) is 0 Å². The van der Waals surface area contributed by atoms with Crippen LogP contribution in [0.4, 0.5) is 4.39 Å². The highest BCUT2D eigenvalue weighted by atomic mass is 35.5. The average Bonchev–Trinajstić information content (AvgIpc) is 3.28. The SMILES string of the molecule is O=c1ccc2cnc3ccc(-c4cnc5c(c4)C=CC5)cc3c2n1-c1ccc(F)c(Cl)c1. The second-order valence-electron chi connectivity index (χ2n) is 7.77. The molecule has 0 unspecified atom stereocenters. The van der Waals surface area contributed by atoms with Crippen molar-refractivity contribution in [1.82, 2.24) is 14.5 Å². The highest BCUT2D eigenvalue weighted by Gasteiger charge is 2.14. The van der Waals surface area contributed by atoms with Gasteiger partial charge in [-0.3, -0.25) is 19.3 Å². The molecular weight excluding hydrogens is 425 g/mol. The monoisotopic (exact) mass is 439 g/mol. The minimum atomic E-state index is -0.532. The quantitative estimate of drug-likeness (QED) is 0.319. The molecule has 2 aromatic carbocycles. The number of fused-ring (bicyclic) bond motifs is 4. The first kappa shape index (κ1) is 18.9. The Morgan fingerprint density at radius 3 is 2.72 bits per heavy atom. The third kappa shape index (κ3) is 2.93. The van der Waals surface area contributed by atoms with Crippen LogP contribution in [-0.2, 0) is 6.42 Å². The largest absolute Gasteiger partial charge is 0.276 e. The Kier molecular flexibility index (Phi) is 4.20. The van der Waals surface area contributed by atoms with Crippen molar-refractivity contribution in [2.75, 3.05) is 0 Å². The van der Waals surface area contributed by atoms with Crippen LogP contribution in [0.15, 0.2) is 77.9 Å². The molecule has 154 valence electrons. The van der Waals surface area contributed by atoms with Crippen LogP contribution in [0.5, 0.6) is 0 Å². The molecule has 32 heavy (non-hydrogen) atoms. The lowest BCUT2D eigenvalue weighted by Gasteiger charge is -2.14. The summed E-state index contributed by atoms with van der Waals surface area (Å²) in [4.78, 5) is 22.1. The molecule has 0 fully saturated rings. The lowest BCUT2D eigenvalue weighted by Crippen LogP contribution is -2.17. The summed E-state index contributed by atoms with van der Waals surface area (Å²) in [6, 6.07) is 15.6. The molecular formula is C26H15ClFN3O. The van der Waals surface area contributed by atoms with Crippen LogP contribution >= 0.6 is 11.6 Å². The maximum Gasteiger partial charge on any atom is 0.255 e. The summed E-state index contributed by atoms with van der Waals surface area (Å²) in [5, 5.41) is 1.57. The molecule has 0 N–H and O–H groups in total. The predicted octanol–water partition coefficient (Wildman–Crippen LogP) is 5.96. The van der Waals surface area contributed by atoms with E-state index >= 15 is 0 Å². The van der Waals surface area contributed by atoms with Crippen molar-refractivity contribution in [2.24, 2.45) is 0 Å². The average molecular weight is 440 g/mol. The number of pyridine rings is 3. The van der Waals surface area contributed by atoms with E-state index in [9.17, 15) is 9.18 Å². The molecule has 0 amide bonds. The van der Waals surface area contributed by atoms with Gasteiger partial charge in [-0.25, -0.2) is 4.39 Å². The molecule has 6 heteroatoms. The van der Waals surface area contributed by atoms with Crippen LogP contribution in [0.2, 0.25) is 5.02 Å². The van der Waals surface area contributed by atoms with E-state index < -0.39 is 5.82 Å². The predicted molar refractivity (Wildman–Crippen MR) is 126 cm³/mol. The highest BCUT2D eigenvalue weighted by Crippen LogP contribution is 2.31. The number of hydrogen-bond donors (Lipinski definition) is 0. The van der Waals surface area contributed by atoms with E-state index in [2.05, 4.69) is 28.2 Å². The van der Waals surface area contributed by atoms with Gasteiger partial charge < -0.3 is 0 Å². The molecule has 1 aliphatic rings. The summed E-state index contributed by atoms with van der Waals surface area (Å²) in [5.41, 5.74) is 5.87. The van der Waals surface area contributed by atoms with Gasteiger partial charge in [-0.05, 0) is 53.6 Å². The van der Waals surface area contributed by atoms with Crippen LogP contribution in [0, 0.1) is 5.82 Å². The Labute approximate surface area is 187 Å². The van der Waals surface area contributed by atoms with Gasteiger partial charge in [0.15, 0.2) is 0 Å². The summed E-state index contributed by atoms with van der Waals surface area (Å²) in [6.07, 6.45) is 8.65. The Hall–Kier alpha value is -3.83. The third-order valence-corrected chi connectivity index (χ3v) is 6.11. The number of hydrogen-bond acceptors (Lipinski definition) is 3. The first-order chi connectivity index (χ1) is 15.6. The minimum Gasteiger partial charge on any atom is -0.276 e. The zero-order chi connectivity index (χ0) is 21.8. The molecule has 4 nitrogen and oxygen atoms in total. The van der Waals surface area contributed by atoms with Gasteiger partial charge in [0, 0.05) is 41.2 Å². The topological polar surface area (TPSA) is 47.8 Å². The zero-order valence-corrected chi connectivity index (χ0v) is 17.5. The number of nitrogens with zero attached hydrogens (tertiary/aromatic N) is 3. The number of aromatic nitrogens is 3. The second-order valence-corrected chi connectivity index (χ2v) is 8.17. The van der Waals surface area contributed by atoms with Gasteiger partial charge in [-0.1, -0.05) is 29.8 Å². The molecule has 0 aliphatic heterocycles. The molecule has 0 spiro atoms.